The maximum absolute atomic E-state index is 13.0. The lowest BCUT2D eigenvalue weighted by Gasteiger charge is -2.32. The Morgan fingerprint density at radius 1 is 1.17 bits per heavy atom. The van der Waals surface area contributed by atoms with Crippen LogP contribution in [-0.4, -0.2) is 94.7 Å². The highest BCUT2D eigenvalue weighted by Gasteiger charge is 2.41. The second-order valence-electron chi connectivity index (χ2n) is 10.4. The zero-order valence-corrected chi connectivity index (χ0v) is 20.8. The molecule has 0 aromatic carbocycles. The van der Waals surface area contributed by atoms with E-state index < -0.39 is 23.8 Å². The van der Waals surface area contributed by atoms with Gasteiger partial charge in [0.05, 0.1) is 25.9 Å². The predicted molar refractivity (Wildman–Crippen MR) is 127 cm³/mol. The lowest BCUT2D eigenvalue weighted by molar-refractivity contribution is -0.126. The van der Waals surface area contributed by atoms with Gasteiger partial charge in [0, 0.05) is 37.8 Å². The summed E-state index contributed by atoms with van der Waals surface area (Å²) in [6.07, 6.45) is 3.72. The molecule has 2 N–H and O–H groups in total. The summed E-state index contributed by atoms with van der Waals surface area (Å²) in [7, 11) is 0. The van der Waals surface area contributed by atoms with Gasteiger partial charge in [-0.1, -0.05) is 0 Å². The van der Waals surface area contributed by atoms with E-state index in [1.165, 1.54) is 4.90 Å². The highest BCUT2D eigenvalue weighted by molar-refractivity contribution is 5.86. The number of hydrogen-bond acceptors (Lipinski definition) is 9. The number of carbonyl (C=O) groups is 2. The van der Waals surface area contributed by atoms with Crippen LogP contribution >= 0.6 is 0 Å². The van der Waals surface area contributed by atoms with Crippen molar-refractivity contribution in [1.82, 2.24) is 20.2 Å². The van der Waals surface area contributed by atoms with E-state index in [1.807, 2.05) is 0 Å². The standard InChI is InChI=1S/C24H37N5O6/c1-24(2,3)35-23(32)29-15-17(30)14-19(29)21(31)26-16-4-6-18(7-5-16)34-20-8-9-25-22(27-20)28-10-12-33-13-11-28/h8-9,16-19,30H,4-7,10-15H2,1-3H3,(H,26,31)/t16-,17-,18-,19-/m0/s1. The molecule has 1 aromatic rings. The van der Waals surface area contributed by atoms with Gasteiger partial charge < -0.3 is 29.5 Å². The first-order valence-electron chi connectivity index (χ1n) is 12.5. The third kappa shape index (κ3) is 6.94. The molecule has 0 unspecified atom stereocenters. The number of aromatic nitrogens is 2. The Morgan fingerprint density at radius 3 is 2.57 bits per heavy atom. The zero-order valence-electron chi connectivity index (χ0n) is 20.8. The molecule has 2 saturated heterocycles. The van der Waals surface area contributed by atoms with Gasteiger partial charge in [-0.15, -0.1) is 0 Å². The van der Waals surface area contributed by atoms with Crippen molar-refractivity contribution in [2.75, 3.05) is 37.7 Å². The van der Waals surface area contributed by atoms with Gasteiger partial charge in [0.2, 0.25) is 17.7 Å². The molecule has 3 fully saturated rings. The van der Waals surface area contributed by atoms with Crippen LogP contribution in [0.1, 0.15) is 52.9 Å². The molecule has 0 radical (unpaired) electrons. The molecule has 1 aromatic heterocycles. The largest absolute Gasteiger partial charge is 0.474 e. The lowest BCUT2D eigenvalue weighted by atomic mass is 9.92. The van der Waals surface area contributed by atoms with E-state index in [0.29, 0.717) is 25.0 Å². The summed E-state index contributed by atoms with van der Waals surface area (Å²) in [6.45, 7) is 8.28. The average Bonchev–Trinajstić information content (AvgIpc) is 3.22. The average molecular weight is 492 g/mol. The monoisotopic (exact) mass is 491 g/mol. The number of anilines is 1. The molecule has 3 aliphatic rings. The van der Waals surface area contributed by atoms with E-state index in [-0.39, 0.29) is 31.0 Å². The molecule has 2 amide bonds. The Bertz CT molecular complexity index is 879. The minimum atomic E-state index is -0.738. The van der Waals surface area contributed by atoms with Crippen LogP contribution in [0.4, 0.5) is 10.7 Å². The number of β-amino-alcohol motifs (C(OH)–C–C–N with tert-alkyl or cyclic N) is 1. The van der Waals surface area contributed by atoms with Gasteiger partial charge in [-0.25, -0.2) is 9.78 Å². The fourth-order valence-electron chi connectivity index (χ4n) is 4.69. The number of morpholine rings is 1. The maximum Gasteiger partial charge on any atom is 0.411 e. The smallest absolute Gasteiger partial charge is 0.411 e. The quantitative estimate of drug-likeness (QED) is 0.630. The van der Waals surface area contributed by atoms with Crippen LogP contribution in [-0.2, 0) is 14.3 Å². The predicted octanol–water partition coefficient (Wildman–Crippen LogP) is 1.49. The van der Waals surface area contributed by atoms with E-state index in [2.05, 4.69) is 20.2 Å². The fourth-order valence-corrected chi connectivity index (χ4v) is 4.69. The van der Waals surface area contributed by atoms with E-state index in [1.54, 1.807) is 33.0 Å². The second kappa shape index (κ2) is 10.9. The molecule has 194 valence electrons. The summed E-state index contributed by atoms with van der Waals surface area (Å²) >= 11 is 0. The van der Waals surface area contributed by atoms with Crippen LogP contribution in [0.25, 0.3) is 0 Å². The number of likely N-dealkylation sites (tertiary alicyclic amines) is 1. The summed E-state index contributed by atoms with van der Waals surface area (Å²) in [5.41, 5.74) is -0.670. The number of aliphatic hydroxyl groups is 1. The van der Waals surface area contributed by atoms with Crippen LogP contribution in [0, 0.1) is 0 Å². The summed E-state index contributed by atoms with van der Waals surface area (Å²) in [5, 5.41) is 13.2. The Balaban J connectivity index is 1.26. The maximum atomic E-state index is 13.0. The second-order valence-corrected chi connectivity index (χ2v) is 10.4. The Labute approximate surface area is 206 Å². The number of carbonyl (C=O) groups excluding carboxylic acids is 2. The minimum Gasteiger partial charge on any atom is -0.474 e. The molecule has 1 aliphatic carbocycles. The van der Waals surface area contributed by atoms with Crippen LogP contribution in [0.5, 0.6) is 5.88 Å². The van der Waals surface area contributed by atoms with E-state index in [4.69, 9.17) is 14.2 Å². The molecule has 2 atom stereocenters. The molecule has 0 spiro atoms. The van der Waals surface area contributed by atoms with Crippen molar-refractivity contribution in [2.24, 2.45) is 0 Å². The fraction of sp³-hybridized carbons (Fsp3) is 0.750. The molecule has 2 aliphatic heterocycles. The summed E-state index contributed by atoms with van der Waals surface area (Å²) in [5.74, 6) is 0.963. The van der Waals surface area contributed by atoms with Gasteiger partial charge in [0.25, 0.3) is 0 Å². The van der Waals surface area contributed by atoms with Crippen molar-refractivity contribution in [3.63, 3.8) is 0 Å². The highest BCUT2D eigenvalue weighted by Crippen LogP contribution is 2.26. The molecule has 11 nitrogen and oxygen atoms in total. The van der Waals surface area contributed by atoms with Gasteiger partial charge in [-0.05, 0) is 46.5 Å². The first kappa shape index (κ1) is 25.4. The van der Waals surface area contributed by atoms with E-state index >= 15 is 0 Å². The number of nitrogens with one attached hydrogen (secondary N) is 1. The van der Waals surface area contributed by atoms with E-state index in [0.717, 1.165) is 38.8 Å². The van der Waals surface area contributed by atoms with E-state index in [9.17, 15) is 14.7 Å². The molecular weight excluding hydrogens is 454 g/mol. The number of amides is 2. The minimum absolute atomic E-state index is 0.00473. The first-order valence-corrected chi connectivity index (χ1v) is 12.5. The number of nitrogens with zero attached hydrogens (tertiary/aromatic N) is 4. The highest BCUT2D eigenvalue weighted by atomic mass is 16.6. The van der Waals surface area contributed by atoms with Gasteiger partial charge in [-0.3, -0.25) is 9.69 Å². The van der Waals surface area contributed by atoms with Gasteiger partial charge in [-0.2, -0.15) is 4.98 Å². The van der Waals surface area contributed by atoms with Crippen LogP contribution in [0.2, 0.25) is 0 Å². The van der Waals surface area contributed by atoms with Crippen molar-refractivity contribution in [1.29, 1.82) is 0 Å². The van der Waals surface area contributed by atoms with Crippen molar-refractivity contribution >= 4 is 17.9 Å². The molecule has 35 heavy (non-hydrogen) atoms. The van der Waals surface area contributed by atoms with Crippen LogP contribution in [0.15, 0.2) is 12.3 Å². The SMILES string of the molecule is CC(C)(C)OC(=O)N1C[C@@H](O)C[C@H]1C(=O)N[C@H]1CC[C@H](Oc2ccnc(N3CCOCC3)n2)CC1. The van der Waals surface area contributed by atoms with Crippen molar-refractivity contribution in [2.45, 2.75) is 82.8 Å². The molecule has 3 heterocycles. The Morgan fingerprint density at radius 2 is 1.89 bits per heavy atom. The van der Waals surface area contributed by atoms with Crippen molar-refractivity contribution in [3.05, 3.63) is 12.3 Å². The number of rotatable bonds is 5. The Kier molecular flexibility index (Phi) is 7.95. The molecule has 1 saturated carbocycles. The molecule has 0 bridgehead atoms. The van der Waals surface area contributed by atoms with Gasteiger partial charge in [0.1, 0.15) is 17.7 Å². The van der Waals surface area contributed by atoms with Crippen LogP contribution < -0.4 is 15.0 Å². The number of aliphatic hydroxyl groups excluding tert-OH is 1. The van der Waals surface area contributed by atoms with Gasteiger partial charge in [0.15, 0.2) is 0 Å². The Hall–Kier alpha value is -2.66. The number of hydrogen-bond donors (Lipinski definition) is 2. The van der Waals surface area contributed by atoms with Gasteiger partial charge >= 0.3 is 6.09 Å². The van der Waals surface area contributed by atoms with Crippen molar-refractivity contribution in [3.8, 4) is 5.88 Å². The molecular formula is C24H37N5O6. The lowest BCUT2D eigenvalue weighted by Crippen LogP contribution is -2.50. The number of ether oxygens (including phenoxy) is 3. The van der Waals surface area contributed by atoms with Crippen molar-refractivity contribution < 1.29 is 28.9 Å². The zero-order chi connectivity index (χ0) is 25.0. The van der Waals surface area contributed by atoms with Crippen LogP contribution in [0.3, 0.4) is 0 Å². The normalized spacial score (nSPS) is 27.4. The molecule has 4 rings (SSSR count). The summed E-state index contributed by atoms with van der Waals surface area (Å²) < 4.78 is 16.9. The molecule has 11 heteroatoms. The third-order valence-corrected chi connectivity index (χ3v) is 6.43. The summed E-state index contributed by atoms with van der Waals surface area (Å²) in [4.78, 5) is 37.8. The topological polar surface area (TPSA) is 126 Å². The summed E-state index contributed by atoms with van der Waals surface area (Å²) in [6, 6.07) is 1.04. The third-order valence-electron chi connectivity index (χ3n) is 6.43. The first-order chi connectivity index (χ1) is 16.7.